The minimum absolute atomic E-state index is 0.0435. The molecule has 0 rings (SSSR count). The summed E-state index contributed by atoms with van der Waals surface area (Å²) in [5, 5.41) is 31.9. The smallest absolute Gasteiger partial charge is 0.145 e. The van der Waals surface area contributed by atoms with E-state index in [0.717, 1.165) is 30.3 Å². The first-order chi connectivity index (χ1) is 13.8. The molecule has 0 radical (unpaired) electrons. The van der Waals surface area contributed by atoms with Crippen LogP contribution >= 0.6 is 0 Å². The van der Waals surface area contributed by atoms with Gasteiger partial charge < -0.3 is 15.3 Å². The molecule has 0 fully saturated rings. The quantitative estimate of drug-likeness (QED) is 0.219. The van der Waals surface area contributed by atoms with Gasteiger partial charge in [-0.3, -0.25) is 4.79 Å². The van der Waals surface area contributed by atoms with Gasteiger partial charge in [-0.25, -0.2) is 0 Å². The summed E-state index contributed by atoms with van der Waals surface area (Å²) < 4.78 is 0. The minimum Gasteiger partial charge on any atom is -0.392 e. The second-order valence-electron chi connectivity index (χ2n) is 9.53. The molecule has 3 N–H and O–H groups in total. The number of carbonyl (C=O) groups is 1. The lowest BCUT2D eigenvalue weighted by molar-refractivity contribution is -0.104. The minimum atomic E-state index is -0.707. The van der Waals surface area contributed by atoms with Gasteiger partial charge in [0.2, 0.25) is 0 Å². The van der Waals surface area contributed by atoms with E-state index < -0.39 is 18.3 Å². The van der Waals surface area contributed by atoms with Gasteiger partial charge in [-0.1, -0.05) is 66.2 Å². The molecule has 0 spiro atoms. The Labute approximate surface area is 184 Å². The number of carbonyl (C=O) groups excluding carboxylic acids is 1. The van der Waals surface area contributed by atoms with E-state index in [1.165, 1.54) is 0 Å². The summed E-state index contributed by atoms with van der Waals surface area (Å²) in [6, 6.07) is 0. The van der Waals surface area contributed by atoms with Gasteiger partial charge in [0.15, 0.2) is 0 Å². The monoisotopic (exact) mass is 422 g/mol. The normalized spacial score (nSPS) is 21.9. The van der Waals surface area contributed by atoms with Crippen molar-refractivity contribution in [3.8, 4) is 0 Å². The molecule has 174 valence electrons. The topological polar surface area (TPSA) is 77.8 Å². The van der Waals surface area contributed by atoms with E-state index in [0.29, 0.717) is 11.5 Å². The number of hydrogen-bond acceptors (Lipinski definition) is 4. The highest BCUT2D eigenvalue weighted by Crippen LogP contribution is 2.26. The SMILES string of the molecule is CC[C@H](C)C[C@H](C)[C@@H](O)[C@@H](C)/C=C(\C)[C@@H](O)[C@@H](C)/C=C(\C)[C@@H](O)[C@@H](C)/C=C(\C)C=O. The maximum absolute atomic E-state index is 10.8. The van der Waals surface area contributed by atoms with Crippen LogP contribution in [-0.2, 0) is 4.79 Å². The third-order valence-electron chi connectivity index (χ3n) is 6.29. The fourth-order valence-electron chi connectivity index (χ4n) is 4.05. The standard InChI is InChI=1S/C26H46O4/c1-10-16(2)11-18(4)24(28)20(6)13-22(8)26(30)23(9)14-21(7)25(29)19(5)12-17(3)15-27/h12-16,18-20,23-26,28-30H,10-11H2,1-9H3/b17-12+,21-14+,22-13+/t16-,18-,19-,20-,23-,24+,25-,26+/m0/s1. The number of rotatable bonds is 13. The van der Waals surface area contributed by atoms with Gasteiger partial charge in [0.25, 0.3) is 0 Å². The number of allylic oxidation sites excluding steroid dienone is 1. The molecule has 0 heterocycles. The van der Waals surface area contributed by atoms with E-state index >= 15 is 0 Å². The van der Waals surface area contributed by atoms with E-state index in [-0.39, 0.29) is 23.7 Å². The van der Waals surface area contributed by atoms with Gasteiger partial charge in [0, 0.05) is 17.8 Å². The van der Waals surface area contributed by atoms with Crippen LogP contribution < -0.4 is 0 Å². The third kappa shape index (κ3) is 9.72. The molecular formula is C26H46O4. The van der Waals surface area contributed by atoms with Crippen molar-refractivity contribution in [2.75, 3.05) is 0 Å². The van der Waals surface area contributed by atoms with Crippen molar-refractivity contribution in [3.05, 3.63) is 34.9 Å². The highest BCUT2D eigenvalue weighted by Gasteiger charge is 2.23. The maximum atomic E-state index is 10.8. The Morgan fingerprint density at radius 3 is 1.63 bits per heavy atom. The Bertz CT molecular complexity index is 604. The molecule has 0 aliphatic heterocycles. The van der Waals surface area contributed by atoms with Gasteiger partial charge >= 0.3 is 0 Å². The van der Waals surface area contributed by atoms with Crippen LogP contribution in [0.1, 0.15) is 75.2 Å². The van der Waals surface area contributed by atoms with Gasteiger partial charge in [-0.15, -0.1) is 0 Å². The van der Waals surface area contributed by atoms with Crippen LogP contribution in [-0.4, -0.2) is 39.9 Å². The Balaban J connectivity index is 5.15. The fourth-order valence-corrected chi connectivity index (χ4v) is 4.05. The van der Waals surface area contributed by atoms with Gasteiger partial charge in [-0.2, -0.15) is 0 Å². The molecular weight excluding hydrogens is 376 g/mol. The molecule has 4 heteroatoms. The molecule has 0 aromatic carbocycles. The molecule has 0 saturated carbocycles. The molecule has 0 amide bonds. The first-order valence-corrected chi connectivity index (χ1v) is 11.4. The molecule has 0 aliphatic rings. The molecule has 8 atom stereocenters. The Kier molecular flexibility index (Phi) is 13.4. The first kappa shape index (κ1) is 28.8. The predicted octanol–water partition coefficient (Wildman–Crippen LogP) is 5.09. The second-order valence-corrected chi connectivity index (χ2v) is 9.53. The van der Waals surface area contributed by atoms with Crippen molar-refractivity contribution < 1.29 is 20.1 Å². The Morgan fingerprint density at radius 1 is 0.767 bits per heavy atom. The summed E-state index contributed by atoms with van der Waals surface area (Å²) in [5.74, 6) is 0.383. The lowest BCUT2D eigenvalue weighted by Gasteiger charge is -2.27. The van der Waals surface area contributed by atoms with Crippen LogP contribution in [0, 0.1) is 29.6 Å². The summed E-state index contributed by atoms with van der Waals surface area (Å²) in [6.45, 7) is 17.7. The molecule has 4 nitrogen and oxygen atoms in total. The average molecular weight is 423 g/mol. The molecule has 0 bridgehead atoms. The van der Waals surface area contributed by atoms with E-state index in [2.05, 4.69) is 20.8 Å². The zero-order valence-corrected chi connectivity index (χ0v) is 20.6. The summed E-state index contributed by atoms with van der Waals surface area (Å²) in [7, 11) is 0. The van der Waals surface area contributed by atoms with Crippen molar-refractivity contribution in [2.45, 2.75) is 93.5 Å². The van der Waals surface area contributed by atoms with Gasteiger partial charge in [0.05, 0.1) is 18.3 Å². The van der Waals surface area contributed by atoms with Crippen LogP contribution in [0.15, 0.2) is 34.9 Å². The van der Waals surface area contributed by atoms with E-state index in [4.69, 9.17) is 0 Å². The van der Waals surface area contributed by atoms with Crippen LogP contribution in [0.4, 0.5) is 0 Å². The number of aliphatic hydroxyl groups excluding tert-OH is 3. The fraction of sp³-hybridized carbons (Fsp3) is 0.731. The Hall–Kier alpha value is -1.23. The molecule has 0 saturated heterocycles. The summed E-state index contributed by atoms with van der Waals surface area (Å²) in [6.07, 6.45) is 6.66. The van der Waals surface area contributed by atoms with E-state index in [1.807, 2.05) is 46.8 Å². The molecule has 0 aliphatic carbocycles. The van der Waals surface area contributed by atoms with Crippen molar-refractivity contribution in [2.24, 2.45) is 29.6 Å². The second kappa shape index (κ2) is 14.0. The van der Waals surface area contributed by atoms with Crippen molar-refractivity contribution >= 4 is 6.29 Å². The lowest BCUT2D eigenvalue weighted by Crippen LogP contribution is -2.27. The average Bonchev–Trinajstić information content (AvgIpc) is 2.70. The summed E-state index contributed by atoms with van der Waals surface area (Å²) in [4.78, 5) is 10.8. The molecule has 0 aromatic rings. The molecule has 0 aromatic heterocycles. The zero-order chi connectivity index (χ0) is 23.6. The van der Waals surface area contributed by atoms with Crippen LogP contribution in [0.3, 0.4) is 0 Å². The van der Waals surface area contributed by atoms with Crippen molar-refractivity contribution in [3.63, 3.8) is 0 Å². The van der Waals surface area contributed by atoms with Gasteiger partial charge in [-0.05, 0) is 55.7 Å². The van der Waals surface area contributed by atoms with E-state index in [1.54, 1.807) is 13.0 Å². The zero-order valence-electron chi connectivity index (χ0n) is 20.6. The van der Waals surface area contributed by atoms with Crippen molar-refractivity contribution in [1.82, 2.24) is 0 Å². The van der Waals surface area contributed by atoms with Crippen molar-refractivity contribution in [1.29, 1.82) is 0 Å². The number of aldehydes is 1. The third-order valence-corrected chi connectivity index (χ3v) is 6.29. The predicted molar refractivity (Wildman–Crippen MR) is 126 cm³/mol. The summed E-state index contributed by atoms with van der Waals surface area (Å²) in [5.41, 5.74) is 2.19. The van der Waals surface area contributed by atoms with E-state index in [9.17, 15) is 20.1 Å². The largest absolute Gasteiger partial charge is 0.392 e. The van der Waals surface area contributed by atoms with Crippen LogP contribution in [0.5, 0.6) is 0 Å². The number of aliphatic hydroxyl groups is 3. The number of hydrogen-bond donors (Lipinski definition) is 3. The molecule has 0 unspecified atom stereocenters. The summed E-state index contributed by atoms with van der Waals surface area (Å²) >= 11 is 0. The van der Waals surface area contributed by atoms with Gasteiger partial charge in [0.1, 0.15) is 6.29 Å². The first-order valence-electron chi connectivity index (χ1n) is 11.4. The Morgan fingerprint density at radius 2 is 1.20 bits per heavy atom. The highest BCUT2D eigenvalue weighted by atomic mass is 16.3. The lowest BCUT2D eigenvalue weighted by atomic mass is 9.84. The maximum Gasteiger partial charge on any atom is 0.145 e. The highest BCUT2D eigenvalue weighted by molar-refractivity contribution is 5.72. The molecule has 30 heavy (non-hydrogen) atoms. The van der Waals surface area contributed by atoms with Crippen LogP contribution in [0.2, 0.25) is 0 Å². The van der Waals surface area contributed by atoms with Crippen LogP contribution in [0.25, 0.3) is 0 Å².